The van der Waals surface area contributed by atoms with Crippen LogP contribution >= 0.6 is 11.3 Å². The summed E-state index contributed by atoms with van der Waals surface area (Å²) >= 11 is 1.47. The fourth-order valence-electron chi connectivity index (χ4n) is 2.88. The number of fused-ring (bicyclic) bond motifs is 1. The summed E-state index contributed by atoms with van der Waals surface area (Å²) in [6.45, 7) is 5.60. The molecule has 0 bridgehead atoms. The predicted molar refractivity (Wildman–Crippen MR) is 105 cm³/mol. The normalized spacial score (nSPS) is 12.0. The number of nitrogens with one attached hydrogen (secondary N) is 1. The lowest BCUT2D eigenvalue weighted by atomic mass is 10.2. The van der Waals surface area contributed by atoms with E-state index >= 15 is 0 Å². The first-order valence-corrected chi connectivity index (χ1v) is 9.01. The number of nitrogens with zero attached hydrogens (tertiary/aromatic N) is 4. The topological polar surface area (TPSA) is 75.9 Å². The Hall–Kier alpha value is -3.06. The van der Waals surface area contributed by atoms with Gasteiger partial charge in [-0.1, -0.05) is 29.5 Å². The van der Waals surface area contributed by atoms with Crippen molar-refractivity contribution < 1.29 is 0 Å². The largest absolute Gasteiger partial charge is 0.293 e. The summed E-state index contributed by atoms with van der Waals surface area (Å²) in [5.74, 6) is 0.592. The number of aromatic amines is 1. The summed E-state index contributed by atoms with van der Waals surface area (Å²) in [5, 5.41) is 3.74. The molecule has 0 spiro atoms. The number of H-pyrrole nitrogens is 1. The minimum absolute atomic E-state index is 0.157. The molecule has 0 aliphatic heterocycles. The van der Waals surface area contributed by atoms with Crippen molar-refractivity contribution in [3.05, 3.63) is 69.8 Å². The second kappa shape index (κ2) is 6.34. The van der Waals surface area contributed by atoms with Crippen LogP contribution < -0.4 is 5.56 Å². The highest BCUT2D eigenvalue weighted by atomic mass is 32.1. The molecule has 4 rings (SSSR count). The van der Waals surface area contributed by atoms with Gasteiger partial charge in [-0.3, -0.25) is 9.89 Å². The van der Waals surface area contributed by atoms with Gasteiger partial charge in [-0.2, -0.15) is 4.68 Å². The Morgan fingerprint density at radius 1 is 1.12 bits per heavy atom. The Kier molecular flexibility index (Phi) is 4.00. The van der Waals surface area contributed by atoms with Gasteiger partial charge in [0.25, 0.3) is 5.56 Å². The summed E-state index contributed by atoms with van der Waals surface area (Å²) in [7, 11) is 0. The highest BCUT2D eigenvalue weighted by molar-refractivity contribution is 7.20. The lowest BCUT2D eigenvalue weighted by molar-refractivity contribution is 0.829. The van der Waals surface area contributed by atoms with E-state index in [9.17, 15) is 4.79 Å². The summed E-state index contributed by atoms with van der Waals surface area (Å²) < 4.78 is 2.52. The molecule has 1 N–H and O–H groups in total. The molecule has 130 valence electrons. The van der Waals surface area contributed by atoms with Gasteiger partial charge in [0.2, 0.25) is 5.13 Å². The van der Waals surface area contributed by atoms with E-state index in [1.54, 1.807) is 0 Å². The zero-order valence-electron chi connectivity index (χ0n) is 14.6. The molecular formula is C19H17N5OS. The molecular weight excluding hydrogens is 346 g/mol. The molecule has 6 nitrogen and oxygen atoms in total. The van der Waals surface area contributed by atoms with E-state index in [4.69, 9.17) is 0 Å². The van der Waals surface area contributed by atoms with Gasteiger partial charge in [-0.05, 0) is 45.0 Å². The van der Waals surface area contributed by atoms with E-state index in [-0.39, 0.29) is 5.56 Å². The average Bonchev–Trinajstić information content (AvgIpc) is 3.15. The van der Waals surface area contributed by atoms with Crippen LogP contribution in [-0.2, 0) is 0 Å². The average molecular weight is 363 g/mol. The number of aryl methyl sites for hydroxylation is 2. The van der Waals surface area contributed by atoms with E-state index in [2.05, 4.69) is 20.1 Å². The molecule has 1 aromatic carbocycles. The smallest absolute Gasteiger partial charge is 0.282 e. The molecule has 0 radical (unpaired) electrons. The maximum atomic E-state index is 13.0. The SMILES string of the molecule is CC(=Nc1cccc(C)n1)c1c(C)[nH]n(-c2nc3ccccc3s2)c1=O. The Bertz CT molecular complexity index is 1170. The molecule has 0 amide bonds. The van der Waals surface area contributed by atoms with E-state index in [1.165, 1.54) is 16.0 Å². The standard InChI is InChI=1S/C19H17N5OS/c1-11-7-6-10-16(20-11)21-12(2)17-13(3)23-24(18(17)25)19-22-14-8-4-5-9-15(14)26-19/h4-10,23H,1-3H3. The highest BCUT2D eigenvalue weighted by Crippen LogP contribution is 2.23. The third-order valence-corrected chi connectivity index (χ3v) is 5.08. The summed E-state index contributed by atoms with van der Waals surface area (Å²) in [6.07, 6.45) is 0. The molecule has 0 unspecified atom stereocenters. The lowest BCUT2D eigenvalue weighted by Gasteiger charge is -1.99. The maximum absolute atomic E-state index is 13.0. The first-order chi connectivity index (χ1) is 12.5. The van der Waals surface area contributed by atoms with Gasteiger partial charge >= 0.3 is 0 Å². The zero-order chi connectivity index (χ0) is 18.3. The maximum Gasteiger partial charge on any atom is 0.282 e. The van der Waals surface area contributed by atoms with E-state index in [0.29, 0.717) is 22.2 Å². The molecule has 26 heavy (non-hydrogen) atoms. The molecule has 3 heterocycles. The van der Waals surface area contributed by atoms with Gasteiger partial charge in [0.05, 0.1) is 21.5 Å². The van der Waals surface area contributed by atoms with Crippen molar-refractivity contribution >= 4 is 33.1 Å². The molecule has 0 fully saturated rings. The van der Waals surface area contributed by atoms with Gasteiger partial charge in [-0.25, -0.2) is 15.0 Å². The number of thiazole rings is 1. The van der Waals surface area contributed by atoms with Crippen LogP contribution in [0.3, 0.4) is 0 Å². The van der Waals surface area contributed by atoms with Gasteiger partial charge in [0, 0.05) is 11.4 Å². The van der Waals surface area contributed by atoms with Crippen molar-refractivity contribution in [2.24, 2.45) is 4.99 Å². The summed E-state index contributed by atoms with van der Waals surface area (Å²) in [6, 6.07) is 13.5. The second-order valence-corrected chi connectivity index (χ2v) is 7.06. The van der Waals surface area contributed by atoms with Gasteiger partial charge in [0.15, 0.2) is 5.82 Å². The Balaban J connectivity index is 1.80. The number of aliphatic imine (C=N–C) groups is 1. The fourth-order valence-corrected chi connectivity index (χ4v) is 3.81. The molecule has 0 saturated carbocycles. The zero-order valence-corrected chi connectivity index (χ0v) is 15.5. The number of rotatable bonds is 3. The van der Waals surface area contributed by atoms with Crippen LogP contribution in [0, 0.1) is 13.8 Å². The lowest BCUT2D eigenvalue weighted by Crippen LogP contribution is -2.19. The summed E-state index contributed by atoms with van der Waals surface area (Å²) in [4.78, 5) is 26.4. The van der Waals surface area contributed by atoms with Crippen molar-refractivity contribution in [2.45, 2.75) is 20.8 Å². The number of hydrogen-bond acceptors (Lipinski definition) is 5. The number of pyridine rings is 1. The van der Waals surface area contributed by atoms with E-state index < -0.39 is 0 Å². The number of aromatic nitrogens is 4. The minimum Gasteiger partial charge on any atom is -0.293 e. The third-order valence-electron chi connectivity index (χ3n) is 4.06. The molecule has 4 aromatic rings. The van der Waals surface area contributed by atoms with Crippen molar-refractivity contribution in [3.8, 4) is 5.13 Å². The predicted octanol–water partition coefficient (Wildman–Crippen LogP) is 3.93. The van der Waals surface area contributed by atoms with Crippen molar-refractivity contribution in [1.29, 1.82) is 0 Å². The van der Waals surface area contributed by atoms with Gasteiger partial charge in [-0.15, -0.1) is 0 Å². The van der Waals surface area contributed by atoms with Crippen LogP contribution in [0.2, 0.25) is 0 Å². The van der Waals surface area contributed by atoms with Crippen LogP contribution in [0.15, 0.2) is 52.3 Å². The van der Waals surface area contributed by atoms with Crippen LogP contribution in [-0.4, -0.2) is 25.5 Å². The van der Waals surface area contributed by atoms with Crippen molar-refractivity contribution in [3.63, 3.8) is 0 Å². The summed E-state index contributed by atoms with van der Waals surface area (Å²) in [5.41, 5.74) is 3.53. The molecule has 7 heteroatoms. The van der Waals surface area contributed by atoms with Crippen LogP contribution in [0.5, 0.6) is 0 Å². The van der Waals surface area contributed by atoms with Gasteiger partial charge in [0.1, 0.15) is 0 Å². The van der Waals surface area contributed by atoms with Crippen molar-refractivity contribution in [2.75, 3.05) is 0 Å². The first-order valence-electron chi connectivity index (χ1n) is 8.20. The molecule has 3 aromatic heterocycles. The Morgan fingerprint density at radius 3 is 2.69 bits per heavy atom. The minimum atomic E-state index is -0.157. The molecule has 0 atom stereocenters. The molecule has 0 aliphatic rings. The fraction of sp³-hybridized carbons (Fsp3) is 0.158. The number of para-hydroxylation sites is 1. The van der Waals surface area contributed by atoms with Crippen molar-refractivity contribution in [1.82, 2.24) is 19.7 Å². The van der Waals surface area contributed by atoms with Gasteiger partial charge < -0.3 is 0 Å². The number of hydrogen-bond donors (Lipinski definition) is 1. The monoisotopic (exact) mass is 363 g/mol. The highest BCUT2D eigenvalue weighted by Gasteiger charge is 2.17. The van der Waals surface area contributed by atoms with Crippen LogP contribution in [0.4, 0.5) is 5.82 Å². The quantitative estimate of drug-likeness (QED) is 0.560. The molecule has 0 aliphatic carbocycles. The second-order valence-electron chi connectivity index (χ2n) is 6.05. The third kappa shape index (κ3) is 2.86. The van der Waals surface area contributed by atoms with Crippen LogP contribution in [0.25, 0.3) is 15.3 Å². The Labute approximate surface area is 153 Å². The first kappa shape index (κ1) is 16.4. The van der Waals surface area contributed by atoms with Crippen LogP contribution in [0.1, 0.15) is 23.9 Å². The Morgan fingerprint density at radius 2 is 1.92 bits per heavy atom. The van der Waals surface area contributed by atoms with E-state index in [1.807, 2.05) is 63.2 Å². The number of benzene rings is 1. The molecule has 0 saturated heterocycles. The van der Waals surface area contributed by atoms with E-state index in [0.717, 1.165) is 21.6 Å².